The van der Waals surface area contributed by atoms with Gasteiger partial charge in [0.2, 0.25) is 5.75 Å². The van der Waals surface area contributed by atoms with Crippen molar-refractivity contribution in [3.63, 3.8) is 0 Å². The maximum atomic E-state index is 13.7. The third kappa shape index (κ3) is 7.16. The highest BCUT2D eigenvalue weighted by Crippen LogP contribution is 2.38. The number of nitrogens with zero attached hydrogens (tertiary/aromatic N) is 1. The van der Waals surface area contributed by atoms with Crippen molar-refractivity contribution in [2.45, 2.75) is 25.8 Å². The monoisotopic (exact) mass is 507 g/mol. The van der Waals surface area contributed by atoms with E-state index in [1.807, 2.05) is 36.4 Å². The number of hydrogen-bond donors (Lipinski definition) is 1. The number of carbonyl (C=O) groups excluding carboxylic acids is 1. The van der Waals surface area contributed by atoms with Gasteiger partial charge in [-0.1, -0.05) is 42.5 Å². The molecule has 8 nitrogen and oxygen atoms in total. The molecule has 0 atom stereocenters. The average Bonchev–Trinajstić information content (AvgIpc) is 2.92. The maximum Gasteiger partial charge on any atom is 0.307 e. The Bertz CT molecular complexity index is 1180. The first-order valence-corrected chi connectivity index (χ1v) is 11.9. The minimum atomic E-state index is -0.886. The normalized spacial score (nSPS) is 10.5. The van der Waals surface area contributed by atoms with Gasteiger partial charge in [0.1, 0.15) is 5.75 Å². The quantitative estimate of drug-likeness (QED) is 0.361. The van der Waals surface area contributed by atoms with Crippen molar-refractivity contribution in [1.29, 1.82) is 0 Å². The fourth-order valence-corrected chi connectivity index (χ4v) is 4.17. The first-order valence-electron chi connectivity index (χ1n) is 11.9. The molecule has 0 aliphatic carbocycles. The van der Waals surface area contributed by atoms with Crippen molar-refractivity contribution in [3.05, 3.63) is 82.9 Å². The second-order valence-electron chi connectivity index (χ2n) is 8.44. The van der Waals surface area contributed by atoms with Crippen molar-refractivity contribution in [2.24, 2.45) is 0 Å². The molecule has 0 saturated heterocycles. The first kappa shape index (κ1) is 27.4. The van der Waals surface area contributed by atoms with Crippen LogP contribution in [0.5, 0.6) is 23.0 Å². The summed E-state index contributed by atoms with van der Waals surface area (Å²) in [6.45, 7) is 0.846. The molecule has 0 radical (unpaired) electrons. The molecule has 37 heavy (non-hydrogen) atoms. The minimum absolute atomic E-state index is 0.0483. The van der Waals surface area contributed by atoms with E-state index in [1.54, 1.807) is 36.3 Å². The van der Waals surface area contributed by atoms with Crippen LogP contribution in [0.15, 0.2) is 60.7 Å². The van der Waals surface area contributed by atoms with Gasteiger partial charge in [0.05, 0.1) is 34.9 Å². The zero-order valence-corrected chi connectivity index (χ0v) is 21.7. The number of rotatable bonds is 13. The molecule has 0 aliphatic rings. The summed E-state index contributed by atoms with van der Waals surface area (Å²) < 4.78 is 21.7. The van der Waals surface area contributed by atoms with E-state index < -0.39 is 5.97 Å². The number of aliphatic carboxylic acids is 1. The van der Waals surface area contributed by atoms with E-state index in [4.69, 9.17) is 24.1 Å². The number of benzene rings is 3. The lowest BCUT2D eigenvalue weighted by Crippen LogP contribution is -2.32. The molecular weight excluding hydrogens is 474 g/mol. The molecule has 8 heteroatoms. The van der Waals surface area contributed by atoms with Crippen LogP contribution in [0.4, 0.5) is 0 Å². The van der Waals surface area contributed by atoms with Crippen LogP contribution in [0.2, 0.25) is 0 Å². The number of amides is 1. The SMILES string of the molecule is COc1ccccc1CCCN(Cc1ccc(CC(=O)O)cc1)C(=O)c1cc(OC)c(OC)c(OC)c1. The highest BCUT2D eigenvalue weighted by Gasteiger charge is 2.22. The second-order valence-corrected chi connectivity index (χ2v) is 8.44. The Hall–Kier alpha value is -4.20. The summed E-state index contributed by atoms with van der Waals surface area (Å²) in [5.41, 5.74) is 3.08. The number of hydrogen-bond acceptors (Lipinski definition) is 6. The lowest BCUT2D eigenvalue weighted by Gasteiger charge is -2.24. The fraction of sp³-hybridized carbons (Fsp3) is 0.310. The highest BCUT2D eigenvalue weighted by molar-refractivity contribution is 5.95. The van der Waals surface area contributed by atoms with E-state index in [9.17, 15) is 9.59 Å². The molecular formula is C29H33NO7. The van der Waals surface area contributed by atoms with Crippen molar-refractivity contribution in [1.82, 2.24) is 4.90 Å². The molecule has 0 unspecified atom stereocenters. The van der Waals surface area contributed by atoms with Crippen LogP contribution in [0.3, 0.4) is 0 Å². The molecule has 0 saturated carbocycles. The Balaban J connectivity index is 1.86. The van der Waals surface area contributed by atoms with Crippen molar-refractivity contribution < 1.29 is 33.6 Å². The molecule has 0 bridgehead atoms. The zero-order valence-electron chi connectivity index (χ0n) is 21.7. The van der Waals surface area contributed by atoms with Gasteiger partial charge in [-0.05, 0) is 47.7 Å². The summed E-state index contributed by atoms with van der Waals surface area (Å²) in [5.74, 6) is 0.962. The van der Waals surface area contributed by atoms with Gasteiger partial charge in [-0.15, -0.1) is 0 Å². The lowest BCUT2D eigenvalue weighted by molar-refractivity contribution is -0.136. The van der Waals surface area contributed by atoms with Gasteiger partial charge in [0.25, 0.3) is 5.91 Å². The molecule has 3 rings (SSSR count). The van der Waals surface area contributed by atoms with Gasteiger partial charge >= 0.3 is 5.97 Å². The van der Waals surface area contributed by atoms with Crippen LogP contribution < -0.4 is 18.9 Å². The largest absolute Gasteiger partial charge is 0.496 e. The summed E-state index contributed by atoms with van der Waals surface area (Å²) >= 11 is 0. The van der Waals surface area contributed by atoms with Crippen molar-refractivity contribution in [3.8, 4) is 23.0 Å². The number of methoxy groups -OCH3 is 4. The van der Waals surface area contributed by atoms with E-state index in [-0.39, 0.29) is 12.3 Å². The first-order chi connectivity index (χ1) is 17.9. The predicted molar refractivity (Wildman–Crippen MR) is 140 cm³/mol. The number of carbonyl (C=O) groups is 2. The molecule has 0 fully saturated rings. The molecule has 0 aromatic heterocycles. The van der Waals surface area contributed by atoms with Gasteiger partial charge in [0, 0.05) is 18.7 Å². The van der Waals surface area contributed by atoms with Crippen molar-refractivity contribution >= 4 is 11.9 Å². The molecule has 196 valence electrons. The Morgan fingerprint density at radius 2 is 1.38 bits per heavy atom. The number of aryl methyl sites for hydroxylation is 1. The van der Waals surface area contributed by atoms with Gasteiger partial charge in [-0.3, -0.25) is 9.59 Å². The van der Waals surface area contributed by atoms with Gasteiger partial charge in [0.15, 0.2) is 11.5 Å². The molecule has 3 aromatic carbocycles. The van der Waals surface area contributed by atoms with Gasteiger partial charge < -0.3 is 29.0 Å². The van der Waals surface area contributed by atoms with Crippen LogP contribution in [0.1, 0.15) is 33.5 Å². The van der Waals surface area contributed by atoms with Gasteiger partial charge in [-0.25, -0.2) is 0 Å². The summed E-state index contributed by atoms with van der Waals surface area (Å²) in [6.07, 6.45) is 1.40. The number of carboxylic acids is 1. The summed E-state index contributed by atoms with van der Waals surface area (Å²) in [6, 6.07) is 18.4. The number of ether oxygens (including phenoxy) is 4. The molecule has 0 heterocycles. The number of para-hydroxylation sites is 1. The van der Waals surface area contributed by atoms with Crippen molar-refractivity contribution in [2.75, 3.05) is 35.0 Å². The lowest BCUT2D eigenvalue weighted by atomic mass is 10.1. The molecule has 0 spiro atoms. The average molecular weight is 508 g/mol. The van der Waals surface area contributed by atoms with E-state index in [0.717, 1.165) is 23.3 Å². The Morgan fingerprint density at radius 1 is 0.784 bits per heavy atom. The minimum Gasteiger partial charge on any atom is -0.496 e. The summed E-state index contributed by atoms with van der Waals surface area (Å²) in [4.78, 5) is 26.5. The van der Waals surface area contributed by atoms with Crippen LogP contribution in [0, 0.1) is 0 Å². The topological polar surface area (TPSA) is 94.5 Å². The van der Waals surface area contributed by atoms with E-state index in [2.05, 4.69) is 0 Å². The van der Waals surface area contributed by atoms with Gasteiger partial charge in [-0.2, -0.15) is 0 Å². The molecule has 0 aliphatic heterocycles. The second kappa shape index (κ2) is 13.2. The zero-order chi connectivity index (χ0) is 26.8. The standard InChI is InChI=1S/C29H33NO7/c1-34-24-10-6-5-8-22(24)9-7-15-30(19-21-13-11-20(12-14-21)16-27(31)32)29(33)23-17-25(35-2)28(37-4)26(18-23)36-3/h5-6,8,10-14,17-18H,7,9,15-16,19H2,1-4H3,(H,31,32). The third-order valence-corrected chi connectivity index (χ3v) is 6.02. The molecule has 1 N–H and O–H groups in total. The van der Waals surface area contributed by atoms with Crippen LogP contribution >= 0.6 is 0 Å². The van der Waals surface area contributed by atoms with E-state index in [0.29, 0.717) is 47.9 Å². The Labute approximate surface area is 217 Å². The number of carboxylic acid groups (broad SMARTS) is 1. The highest BCUT2D eigenvalue weighted by atomic mass is 16.5. The predicted octanol–water partition coefficient (Wildman–Crippen LogP) is 4.62. The van der Waals surface area contributed by atoms with Crippen LogP contribution in [-0.4, -0.2) is 56.9 Å². The Morgan fingerprint density at radius 3 is 1.95 bits per heavy atom. The van der Waals surface area contributed by atoms with Crippen LogP contribution in [-0.2, 0) is 24.2 Å². The van der Waals surface area contributed by atoms with Crippen LogP contribution in [0.25, 0.3) is 0 Å². The third-order valence-electron chi connectivity index (χ3n) is 6.02. The van der Waals surface area contributed by atoms with E-state index >= 15 is 0 Å². The van der Waals surface area contributed by atoms with E-state index in [1.165, 1.54) is 21.3 Å². The molecule has 3 aromatic rings. The smallest absolute Gasteiger partial charge is 0.307 e. The summed E-state index contributed by atoms with van der Waals surface area (Å²) in [5, 5.41) is 9.04. The fourth-order valence-electron chi connectivity index (χ4n) is 4.17. The summed E-state index contributed by atoms with van der Waals surface area (Å²) in [7, 11) is 6.18. The Kier molecular flexibility index (Phi) is 9.77. The maximum absolute atomic E-state index is 13.7. The molecule has 1 amide bonds.